The van der Waals surface area contributed by atoms with Crippen LogP contribution in [0.15, 0.2) is 0 Å². The Morgan fingerprint density at radius 3 is 2.46 bits per heavy atom. The van der Waals surface area contributed by atoms with Crippen LogP contribution >= 0.6 is 0 Å². The van der Waals surface area contributed by atoms with Crippen molar-refractivity contribution in [1.29, 1.82) is 0 Å². The van der Waals surface area contributed by atoms with E-state index in [0.717, 1.165) is 25.8 Å². The average molecular weight is 188 g/mol. The van der Waals surface area contributed by atoms with Gasteiger partial charge in [0.15, 0.2) is 0 Å². The number of aliphatic hydroxyl groups is 1. The molecule has 0 saturated carbocycles. The lowest BCUT2D eigenvalue weighted by atomic mass is 9.99. The van der Waals surface area contributed by atoms with Crippen molar-refractivity contribution < 1.29 is 5.11 Å². The Kier molecular flexibility index (Phi) is 6.29. The number of nitrogens with one attached hydrogen (secondary N) is 1. The second kappa shape index (κ2) is 6.35. The van der Waals surface area contributed by atoms with Gasteiger partial charge in [0.05, 0.1) is 6.10 Å². The summed E-state index contributed by atoms with van der Waals surface area (Å²) in [6.45, 7) is 7.72. The zero-order valence-electron chi connectivity index (χ0n) is 9.14. The summed E-state index contributed by atoms with van der Waals surface area (Å²) in [4.78, 5) is 0. The number of aliphatic hydroxyl groups excluding tert-OH is 1. The monoisotopic (exact) mass is 188 g/mol. The van der Waals surface area contributed by atoms with Crippen LogP contribution in [0, 0.1) is 0 Å². The molecule has 0 heterocycles. The van der Waals surface area contributed by atoms with Crippen LogP contribution in [0.5, 0.6) is 0 Å². The van der Waals surface area contributed by atoms with Crippen LogP contribution in [0.1, 0.15) is 40.0 Å². The highest BCUT2D eigenvalue weighted by Crippen LogP contribution is 2.06. The standard InChI is InChI=1S/C10H24N2O/c1-4-9(13)6-7-12-10(3,5-2)8-11/h9,12-13H,4-8,11H2,1-3H3/t9?,10-/m0/s1. The van der Waals surface area contributed by atoms with Gasteiger partial charge in [-0.15, -0.1) is 0 Å². The summed E-state index contributed by atoms with van der Waals surface area (Å²) < 4.78 is 0. The maximum Gasteiger partial charge on any atom is 0.0549 e. The fourth-order valence-electron chi connectivity index (χ4n) is 1.09. The topological polar surface area (TPSA) is 58.3 Å². The van der Waals surface area contributed by atoms with Crippen LogP contribution < -0.4 is 11.1 Å². The number of nitrogens with two attached hydrogens (primary N) is 1. The molecule has 0 bridgehead atoms. The van der Waals surface area contributed by atoms with E-state index in [1.165, 1.54) is 0 Å². The highest BCUT2D eigenvalue weighted by atomic mass is 16.3. The molecule has 0 aliphatic carbocycles. The highest BCUT2D eigenvalue weighted by molar-refractivity contribution is 4.82. The average Bonchev–Trinajstić information content (AvgIpc) is 2.17. The lowest BCUT2D eigenvalue weighted by Crippen LogP contribution is -2.48. The molecule has 3 heteroatoms. The Hall–Kier alpha value is -0.120. The van der Waals surface area contributed by atoms with Gasteiger partial charge in [0.2, 0.25) is 0 Å². The SMILES string of the molecule is CCC(O)CCN[C@@](C)(CC)CN. The summed E-state index contributed by atoms with van der Waals surface area (Å²) in [5.41, 5.74) is 5.68. The third-order valence-corrected chi connectivity index (χ3v) is 2.73. The van der Waals surface area contributed by atoms with Gasteiger partial charge in [0, 0.05) is 12.1 Å². The van der Waals surface area contributed by atoms with Crippen LogP contribution in [-0.4, -0.2) is 29.8 Å². The largest absolute Gasteiger partial charge is 0.393 e. The second-order valence-corrected chi connectivity index (χ2v) is 3.90. The normalized spacial score (nSPS) is 18.2. The van der Waals surface area contributed by atoms with Crippen LogP contribution in [0.3, 0.4) is 0 Å². The fourth-order valence-corrected chi connectivity index (χ4v) is 1.09. The minimum Gasteiger partial charge on any atom is -0.393 e. The van der Waals surface area contributed by atoms with E-state index in [4.69, 9.17) is 5.73 Å². The number of hydrogen-bond donors (Lipinski definition) is 3. The molecule has 0 amide bonds. The molecule has 2 atom stereocenters. The van der Waals surface area contributed by atoms with E-state index >= 15 is 0 Å². The van der Waals surface area contributed by atoms with Crippen molar-refractivity contribution in [2.75, 3.05) is 13.1 Å². The number of hydrogen-bond acceptors (Lipinski definition) is 3. The van der Waals surface area contributed by atoms with Crippen LogP contribution in [0.2, 0.25) is 0 Å². The lowest BCUT2D eigenvalue weighted by molar-refractivity contribution is 0.155. The zero-order valence-corrected chi connectivity index (χ0v) is 9.14. The van der Waals surface area contributed by atoms with Crippen molar-refractivity contribution in [1.82, 2.24) is 5.32 Å². The van der Waals surface area contributed by atoms with Crippen LogP contribution in [0.25, 0.3) is 0 Å². The quantitative estimate of drug-likeness (QED) is 0.555. The van der Waals surface area contributed by atoms with Gasteiger partial charge in [-0.05, 0) is 32.7 Å². The van der Waals surface area contributed by atoms with Gasteiger partial charge in [-0.25, -0.2) is 0 Å². The van der Waals surface area contributed by atoms with Crippen molar-refractivity contribution in [3.63, 3.8) is 0 Å². The summed E-state index contributed by atoms with van der Waals surface area (Å²) in [6, 6.07) is 0. The molecule has 0 aliphatic rings. The third-order valence-electron chi connectivity index (χ3n) is 2.73. The summed E-state index contributed by atoms with van der Waals surface area (Å²) in [5.74, 6) is 0. The fraction of sp³-hybridized carbons (Fsp3) is 1.00. The molecule has 3 nitrogen and oxygen atoms in total. The van der Waals surface area contributed by atoms with Gasteiger partial charge in [-0.2, -0.15) is 0 Å². The molecular weight excluding hydrogens is 164 g/mol. The van der Waals surface area contributed by atoms with Crippen molar-refractivity contribution in [3.05, 3.63) is 0 Å². The highest BCUT2D eigenvalue weighted by Gasteiger charge is 2.18. The molecule has 0 aromatic heterocycles. The molecule has 1 unspecified atom stereocenters. The van der Waals surface area contributed by atoms with Gasteiger partial charge in [-0.1, -0.05) is 13.8 Å². The van der Waals surface area contributed by atoms with Crippen molar-refractivity contribution in [2.45, 2.75) is 51.7 Å². The van der Waals surface area contributed by atoms with Crippen molar-refractivity contribution in [3.8, 4) is 0 Å². The first-order chi connectivity index (χ1) is 6.08. The third kappa shape index (κ3) is 5.24. The van der Waals surface area contributed by atoms with Gasteiger partial charge < -0.3 is 16.2 Å². The first-order valence-corrected chi connectivity index (χ1v) is 5.21. The van der Waals surface area contributed by atoms with E-state index in [-0.39, 0.29) is 11.6 Å². The van der Waals surface area contributed by atoms with E-state index in [0.29, 0.717) is 6.54 Å². The van der Waals surface area contributed by atoms with E-state index < -0.39 is 0 Å². The molecular formula is C10H24N2O. The Morgan fingerprint density at radius 1 is 1.46 bits per heavy atom. The molecule has 0 rings (SSSR count). The maximum absolute atomic E-state index is 9.33. The lowest BCUT2D eigenvalue weighted by Gasteiger charge is -2.28. The molecule has 0 spiro atoms. The van der Waals surface area contributed by atoms with Crippen molar-refractivity contribution in [2.24, 2.45) is 5.73 Å². The van der Waals surface area contributed by atoms with Gasteiger partial charge >= 0.3 is 0 Å². The Labute approximate surface area is 81.7 Å². The smallest absolute Gasteiger partial charge is 0.0549 e. The van der Waals surface area contributed by atoms with Crippen LogP contribution in [0.4, 0.5) is 0 Å². The molecule has 0 aromatic carbocycles. The molecule has 0 saturated heterocycles. The molecule has 0 aliphatic heterocycles. The van der Waals surface area contributed by atoms with Crippen molar-refractivity contribution >= 4 is 0 Å². The summed E-state index contributed by atoms with van der Waals surface area (Å²) in [7, 11) is 0. The molecule has 0 aromatic rings. The molecule has 0 fully saturated rings. The molecule has 13 heavy (non-hydrogen) atoms. The molecule has 0 radical (unpaired) electrons. The first kappa shape index (κ1) is 12.9. The Morgan fingerprint density at radius 2 is 2.08 bits per heavy atom. The molecule has 4 N–H and O–H groups in total. The van der Waals surface area contributed by atoms with Gasteiger partial charge in [-0.3, -0.25) is 0 Å². The van der Waals surface area contributed by atoms with E-state index in [2.05, 4.69) is 19.2 Å². The van der Waals surface area contributed by atoms with E-state index in [9.17, 15) is 5.11 Å². The predicted molar refractivity (Wildman–Crippen MR) is 56.7 cm³/mol. The van der Waals surface area contributed by atoms with Crippen LogP contribution in [-0.2, 0) is 0 Å². The first-order valence-electron chi connectivity index (χ1n) is 5.21. The minimum absolute atomic E-state index is 0.0352. The number of rotatable bonds is 7. The van der Waals surface area contributed by atoms with E-state index in [1.54, 1.807) is 0 Å². The Balaban J connectivity index is 3.61. The predicted octanol–water partition coefficient (Wildman–Crippen LogP) is 0.864. The molecule has 80 valence electrons. The minimum atomic E-state index is -0.175. The van der Waals surface area contributed by atoms with E-state index in [1.807, 2.05) is 6.92 Å². The van der Waals surface area contributed by atoms with Gasteiger partial charge in [0.25, 0.3) is 0 Å². The maximum atomic E-state index is 9.33. The summed E-state index contributed by atoms with van der Waals surface area (Å²) in [5, 5.41) is 12.7. The Bertz CT molecular complexity index is 124. The summed E-state index contributed by atoms with van der Waals surface area (Å²) >= 11 is 0. The zero-order chi connectivity index (χ0) is 10.3. The summed E-state index contributed by atoms with van der Waals surface area (Å²) in [6.07, 6.45) is 2.48. The second-order valence-electron chi connectivity index (χ2n) is 3.90. The van der Waals surface area contributed by atoms with Gasteiger partial charge in [0.1, 0.15) is 0 Å².